The summed E-state index contributed by atoms with van der Waals surface area (Å²) in [7, 11) is 0. The molecule has 0 bridgehead atoms. The van der Waals surface area contributed by atoms with E-state index in [-0.39, 0.29) is 6.10 Å². The van der Waals surface area contributed by atoms with E-state index in [1.807, 2.05) is 13.8 Å². The van der Waals surface area contributed by atoms with E-state index in [1.54, 1.807) is 0 Å². The fourth-order valence-electron chi connectivity index (χ4n) is 1.97. The van der Waals surface area contributed by atoms with Crippen LogP contribution < -0.4 is 10.5 Å². The number of hydrogen-bond acceptors (Lipinski definition) is 2. The summed E-state index contributed by atoms with van der Waals surface area (Å²) in [6.07, 6.45) is 2.34. The number of aryl methyl sites for hydroxylation is 2. The second-order valence-corrected chi connectivity index (χ2v) is 4.59. The topological polar surface area (TPSA) is 35.2 Å². The maximum Gasteiger partial charge on any atom is 0.120 e. The molecule has 0 aliphatic heterocycles. The smallest absolute Gasteiger partial charge is 0.120 e. The Morgan fingerprint density at radius 2 is 1.75 bits per heavy atom. The number of rotatable bonds is 5. The Morgan fingerprint density at radius 1 is 1.19 bits per heavy atom. The highest BCUT2D eigenvalue weighted by molar-refractivity contribution is 5.41. The Labute approximate surface area is 98.8 Å². The van der Waals surface area contributed by atoms with E-state index in [2.05, 4.69) is 26.0 Å². The van der Waals surface area contributed by atoms with Crippen LogP contribution in [0.4, 0.5) is 0 Å². The van der Waals surface area contributed by atoms with Gasteiger partial charge in [-0.25, -0.2) is 0 Å². The molecule has 0 spiro atoms. The zero-order chi connectivity index (χ0) is 12.1. The fourth-order valence-corrected chi connectivity index (χ4v) is 1.97. The van der Waals surface area contributed by atoms with Gasteiger partial charge in [0.25, 0.3) is 0 Å². The molecule has 0 aliphatic carbocycles. The number of ether oxygens (including phenoxy) is 1. The molecule has 0 heterocycles. The Bertz CT molecular complexity index is 322. The predicted molar refractivity (Wildman–Crippen MR) is 69.1 cm³/mol. The minimum absolute atomic E-state index is 0.230. The van der Waals surface area contributed by atoms with Gasteiger partial charge in [0.15, 0.2) is 0 Å². The largest absolute Gasteiger partial charge is 0.491 e. The van der Waals surface area contributed by atoms with E-state index in [1.165, 1.54) is 16.7 Å². The van der Waals surface area contributed by atoms with Crippen molar-refractivity contribution in [2.24, 2.45) is 5.73 Å². The normalized spacial score (nSPS) is 10.9. The summed E-state index contributed by atoms with van der Waals surface area (Å²) in [5.74, 6) is 0.974. The van der Waals surface area contributed by atoms with Gasteiger partial charge in [0, 0.05) is 0 Å². The highest BCUT2D eigenvalue weighted by Gasteiger charge is 2.06. The lowest BCUT2D eigenvalue weighted by molar-refractivity contribution is 0.242. The molecule has 0 atom stereocenters. The summed E-state index contributed by atoms with van der Waals surface area (Å²) < 4.78 is 5.71. The van der Waals surface area contributed by atoms with Crippen LogP contribution in [0.1, 0.15) is 37.0 Å². The molecule has 0 unspecified atom stereocenters. The van der Waals surface area contributed by atoms with Crippen molar-refractivity contribution in [1.82, 2.24) is 0 Å². The molecule has 1 aromatic rings. The zero-order valence-corrected chi connectivity index (χ0v) is 10.8. The molecule has 0 radical (unpaired) electrons. The second-order valence-electron chi connectivity index (χ2n) is 4.59. The molecular formula is C14H23NO. The van der Waals surface area contributed by atoms with Crippen LogP contribution in [0.5, 0.6) is 5.75 Å². The highest BCUT2D eigenvalue weighted by Crippen LogP contribution is 2.23. The quantitative estimate of drug-likeness (QED) is 0.829. The average molecular weight is 221 g/mol. The summed E-state index contributed by atoms with van der Waals surface area (Å²) >= 11 is 0. The molecule has 1 aromatic carbocycles. The van der Waals surface area contributed by atoms with E-state index in [9.17, 15) is 0 Å². The zero-order valence-electron chi connectivity index (χ0n) is 10.8. The Kier molecular flexibility index (Phi) is 4.81. The van der Waals surface area contributed by atoms with Gasteiger partial charge >= 0.3 is 0 Å². The van der Waals surface area contributed by atoms with Crippen LogP contribution in [0.15, 0.2) is 12.1 Å². The van der Waals surface area contributed by atoms with Gasteiger partial charge < -0.3 is 10.5 Å². The highest BCUT2D eigenvalue weighted by atomic mass is 16.5. The monoisotopic (exact) mass is 221 g/mol. The third kappa shape index (κ3) is 3.53. The number of hydrogen-bond donors (Lipinski definition) is 1. The van der Waals surface area contributed by atoms with E-state index in [0.29, 0.717) is 0 Å². The molecular weight excluding hydrogens is 198 g/mol. The summed E-state index contributed by atoms with van der Waals surface area (Å²) in [6.45, 7) is 9.14. The van der Waals surface area contributed by atoms with Crippen LogP contribution in [0.2, 0.25) is 0 Å². The van der Waals surface area contributed by atoms with Crippen molar-refractivity contribution < 1.29 is 4.74 Å². The van der Waals surface area contributed by atoms with E-state index in [0.717, 1.165) is 25.1 Å². The standard InChI is InChI=1S/C14H23NO/c1-10(2)16-13-8-11(3)14(6-5-7-15)12(4)9-13/h8-10H,5-7,15H2,1-4H3. The molecule has 2 N–H and O–H groups in total. The molecule has 0 saturated heterocycles. The van der Waals surface area contributed by atoms with Crippen molar-refractivity contribution in [3.63, 3.8) is 0 Å². The third-order valence-electron chi connectivity index (χ3n) is 2.67. The molecule has 90 valence electrons. The minimum atomic E-state index is 0.230. The average Bonchev–Trinajstić information content (AvgIpc) is 2.15. The van der Waals surface area contributed by atoms with Gasteiger partial charge in [-0.2, -0.15) is 0 Å². The fraction of sp³-hybridized carbons (Fsp3) is 0.571. The Balaban J connectivity index is 2.89. The summed E-state index contributed by atoms with van der Waals surface area (Å²) in [5, 5.41) is 0. The second kappa shape index (κ2) is 5.90. The van der Waals surface area contributed by atoms with E-state index < -0.39 is 0 Å². The Hall–Kier alpha value is -1.02. The lowest BCUT2D eigenvalue weighted by Gasteiger charge is -2.15. The van der Waals surface area contributed by atoms with Crippen molar-refractivity contribution in [1.29, 1.82) is 0 Å². The molecule has 0 aromatic heterocycles. The van der Waals surface area contributed by atoms with Crippen molar-refractivity contribution >= 4 is 0 Å². The first-order chi connectivity index (χ1) is 7.54. The summed E-state index contributed by atoms with van der Waals surface area (Å²) in [6, 6.07) is 4.25. The van der Waals surface area contributed by atoms with Gasteiger partial charge in [0.2, 0.25) is 0 Å². The summed E-state index contributed by atoms with van der Waals surface area (Å²) in [4.78, 5) is 0. The first-order valence-corrected chi connectivity index (χ1v) is 6.01. The lowest BCUT2D eigenvalue weighted by Crippen LogP contribution is -2.07. The summed E-state index contributed by atoms with van der Waals surface area (Å²) in [5.41, 5.74) is 9.58. The van der Waals surface area contributed by atoms with Gasteiger partial charge in [-0.05, 0) is 75.9 Å². The molecule has 16 heavy (non-hydrogen) atoms. The van der Waals surface area contributed by atoms with Crippen LogP contribution in [-0.4, -0.2) is 12.6 Å². The van der Waals surface area contributed by atoms with Gasteiger partial charge in [-0.1, -0.05) is 0 Å². The van der Waals surface area contributed by atoms with Crippen molar-refractivity contribution in [3.8, 4) is 5.75 Å². The van der Waals surface area contributed by atoms with Crippen LogP contribution in [0.25, 0.3) is 0 Å². The molecule has 0 aliphatic rings. The van der Waals surface area contributed by atoms with Gasteiger partial charge in [0.05, 0.1) is 6.10 Å². The van der Waals surface area contributed by atoms with Crippen LogP contribution >= 0.6 is 0 Å². The first-order valence-electron chi connectivity index (χ1n) is 6.01. The van der Waals surface area contributed by atoms with Gasteiger partial charge in [-0.3, -0.25) is 0 Å². The van der Waals surface area contributed by atoms with Crippen LogP contribution in [-0.2, 0) is 6.42 Å². The molecule has 2 nitrogen and oxygen atoms in total. The molecule has 0 amide bonds. The predicted octanol–water partition coefficient (Wildman–Crippen LogP) is 2.98. The third-order valence-corrected chi connectivity index (χ3v) is 2.67. The molecule has 1 rings (SSSR count). The van der Waals surface area contributed by atoms with Crippen molar-refractivity contribution in [2.45, 2.75) is 46.6 Å². The van der Waals surface area contributed by atoms with Gasteiger partial charge in [-0.15, -0.1) is 0 Å². The SMILES string of the molecule is Cc1cc(OC(C)C)cc(C)c1CCCN. The lowest BCUT2D eigenvalue weighted by atomic mass is 9.98. The molecule has 0 saturated carbocycles. The number of benzene rings is 1. The van der Waals surface area contributed by atoms with E-state index in [4.69, 9.17) is 10.5 Å². The van der Waals surface area contributed by atoms with Crippen molar-refractivity contribution in [3.05, 3.63) is 28.8 Å². The van der Waals surface area contributed by atoms with Crippen LogP contribution in [0, 0.1) is 13.8 Å². The minimum Gasteiger partial charge on any atom is -0.491 e. The van der Waals surface area contributed by atoms with Gasteiger partial charge in [0.1, 0.15) is 5.75 Å². The maximum atomic E-state index is 5.71. The number of nitrogens with two attached hydrogens (primary N) is 1. The molecule has 0 fully saturated rings. The van der Waals surface area contributed by atoms with E-state index >= 15 is 0 Å². The Morgan fingerprint density at radius 3 is 2.19 bits per heavy atom. The first kappa shape index (κ1) is 13.0. The van der Waals surface area contributed by atoms with Crippen LogP contribution in [0.3, 0.4) is 0 Å². The molecule has 2 heteroatoms. The maximum absolute atomic E-state index is 5.71. The van der Waals surface area contributed by atoms with Crippen molar-refractivity contribution in [2.75, 3.05) is 6.54 Å².